The highest BCUT2D eigenvalue weighted by molar-refractivity contribution is 5.89. The summed E-state index contributed by atoms with van der Waals surface area (Å²) < 4.78 is 5.79. The Kier molecular flexibility index (Phi) is 4.53. The summed E-state index contributed by atoms with van der Waals surface area (Å²) >= 11 is 0. The third-order valence-corrected chi connectivity index (χ3v) is 4.77. The van der Waals surface area contributed by atoms with Crippen LogP contribution in [0.15, 0.2) is 34.7 Å². The standard InChI is InChI=1S/C19H22O4/c1-12-16(18(20)13-6-3-2-4-7-13)11-17(23-12)14-8-5-9-15(10-14)19(21)22/h5,8-11,13,18,20H,2-4,6-7H2,1H3,(H,21,22). The van der Waals surface area contributed by atoms with Crippen molar-refractivity contribution in [3.8, 4) is 11.3 Å². The highest BCUT2D eigenvalue weighted by Crippen LogP contribution is 2.38. The van der Waals surface area contributed by atoms with Gasteiger partial charge in [0.15, 0.2) is 0 Å². The van der Waals surface area contributed by atoms with E-state index < -0.39 is 12.1 Å². The molecule has 0 saturated heterocycles. The first-order valence-electron chi connectivity index (χ1n) is 8.18. The zero-order valence-corrected chi connectivity index (χ0v) is 13.3. The number of benzene rings is 1. The van der Waals surface area contributed by atoms with E-state index in [0.717, 1.165) is 24.0 Å². The molecule has 0 amide bonds. The summed E-state index contributed by atoms with van der Waals surface area (Å²) in [6.07, 6.45) is 5.19. The predicted molar refractivity (Wildman–Crippen MR) is 87.4 cm³/mol. The molecule has 1 heterocycles. The van der Waals surface area contributed by atoms with E-state index >= 15 is 0 Å². The van der Waals surface area contributed by atoms with Crippen LogP contribution >= 0.6 is 0 Å². The van der Waals surface area contributed by atoms with Crippen molar-refractivity contribution >= 4 is 5.97 Å². The van der Waals surface area contributed by atoms with Gasteiger partial charge < -0.3 is 14.6 Å². The third kappa shape index (κ3) is 3.32. The van der Waals surface area contributed by atoms with Gasteiger partial charge in [0, 0.05) is 11.1 Å². The number of aliphatic hydroxyl groups is 1. The van der Waals surface area contributed by atoms with Gasteiger partial charge in [-0.15, -0.1) is 0 Å². The molecule has 4 heteroatoms. The van der Waals surface area contributed by atoms with E-state index in [9.17, 15) is 9.90 Å². The molecule has 2 aromatic rings. The number of aromatic carboxylic acids is 1. The number of hydrogen-bond donors (Lipinski definition) is 2. The van der Waals surface area contributed by atoms with E-state index in [-0.39, 0.29) is 5.56 Å². The first-order valence-corrected chi connectivity index (χ1v) is 8.18. The fourth-order valence-corrected chi connectivity index (χ4v) is 3.44. The summed E-state index contributed by atoms with van der Waals surface area (Å²) in [6, 6.07) is 8.53. The lowest BCUT2D eigenvalue weighted by atomic mass is 9.83. The molecule has 0 radical (unpaired) electrons. The maximum Gasteiger partial charge on any atom is 0.335 e. The topological polar surface area (TPSA) is 70.7 Å². The molecule has 1 aliphatic rings. The van der Waals surface area contributed by atoms with Gasteiger partial charge in [-0.1, -0.05) is 31.4 Å². The molecule has 4 nitrogen and oxygen atoms in total. The van der Waals surface area contributed by atoms with Crippen LogP contribution in [0.4, 0.5) is 0 Å². The van der Waals surface area contributed by atoms with Crippen molar-refractivity contribution in [1.29, 1.82) is 0 Å². The van der Waals surface area contributed by atoms with Crippen LogP contribution < -0.4 is 0 Å². The molecule has 0 spiro atoms. The number of rotatable bonds is 4. The van der Waals surface area contributed by atoms with E-state index in [4.69, 9.17) is 9.52 Å². The monoisotopic (exact) mass is 314 g/mol. The van der Waals surface area contributed by atoms with Crippen LogP contribution in [0.2, 0.25) is 0 Å². The Bertz CT molecular complexity index is 695. The van der Waals surface area contributed by atoms with Crippen LogP contribution in [0.5, 0.6) is 0 Å². The van der Waals surface area contributed by atoms with Crippen molar-refractivity contribution in [2.24, 2.45) is 5.92 Å². The molecule has 23 heavy (non-hydrogen) atoms. The zero-order valence-electron chi connectivity index (χ0n) is 13.3. The van der Waals surface area contributed by atoms with Crippen molar-refractivity contribution in [1.82, 2.24) is 0 Å². The Morgan fingerprint density at radius 1 is 1.22 bits per heavy atom. The van der Waals surface area contributed by atoms with Crippen molar-refractivity contribution in [2.75, 3.05) is 0 Å². The van der Waals surface area contributed by atoms with Gasteiger partial charge in [0.05, 0.1) is 11.7 Å². The molecular formula is C19H22O4. The number of aliphatic hydroxyl groups excluding tert-OH is 1. The molecule has 1 aromatic carbocycles. The summed E-state index contributed by atoms with van der Waals surface area (Å²) in [4.78, 5) is 11.1. The van der Waals surface area contributed by atoms with E-state index in [2.05, 4.69) is 0 Å². The van der Waals surface area contributed by atoms with Crippen molar-refractivity contribution in [3.05, 3.63) is 47.2 Å². The summed E-state index contributed by atoms with van der Waals surface area (Å²) in [6.45, 7) is 1.85. The smallest absolute Gasteiger partial charge is 0.335 e. The molecule has 1 aliphatic carbocycles. The Labute approximate surface area is 135 Å². The molecular weight excluding hydrogens is 292 g/mol. The minimum atomic E-state index is -0.961. The average molecular weight is 314 g/mol. The normalized spacial score (nSPS) is 17.1. The van der Waals surface area contributed by atoms with Gasteiger partial charge in [-0.25, -0.2) is 4.79 Å². The van der Waals surface area contributed by atoms with Crippen LogP contribution in [0.25, 0.3) is 11.3 Å². The van der Waals surface area contributed by atoms with Crippen molar-refractivity contribution in [2.45, 2.75) is 45.1 Å². The summed E-state index contributed by atoms with van der Waals surface area (Å²) in [5.74, 6) is 0.644. The second kappa shape index (κ2) is 6.59. The van der Waals surface area contributed by atoms with Crippen LogP contribution in [0.1, 0.15) is 59.9 Å². The lowest BCUT2D eigenvalue weighted by molar-refractivity contribution is 0.0697. The van der Waals surface area contributed by atoms with E-state index in [1.807, 2.05) is 19.1 Å². The van der Waals surface area contributed by atoms with Crippen LogP contribution in [-0.4, -0.2) is 16.2 Å². The average Bonchev–Trinajstić information content (AvgIpc) is 2.97. The minimum absolute atomic E-state index is 0.228. The van der Waals surface area contributed by atoms with Gasteiger partial charge in [0.2, 0.25) is 0 Å². The number of hydrogen-bond acceptors (Lipinski definition) is 3. The fourth-order valence-electron chi connectivity index (χ4n) is 3.44. The van der Waals surface area contributed by atoms with Crippen molar-refractivity contribution in [3.63, 3.8) is 0 Å². The Morgan fingerprint density at radius 3 is 2.65 bits per heavy atom. The van der Waals surface area contributed by atoms with Gasteiger partial charge in [-0.2, -0.15) is 0 Å². The summed E-state index contributed by atoms with van der Waals surface area (Å²) in [5, 5.41) is 19.8. The first kappa shape index (κ1) is 15.8. The maximum atomic E-state index is 11.1. The Balaban J connectivity index is 1.88. The van der Waals surface area contributed by atoms with E-state index in [0.29, 0.717) is 17.4 Å². The number of carboxylic acid groups (broad SMARTS) is 1. The molecule has 2 N–H and O–H groups in total. The number of furan rings is 1. The summed E-state index contributed by atoms with van der Waals surface area (Å²) in [5.41, 5.74) is 1.77. The zero-order chi connectivity index (χ0) is 16.4. The molecule has 1 atom stereocenters. The largest absolute Gasteiger partial charge is 0.478 e. The van der Waals surface area contributed by atoms with Crippen LogP contribution in [0.3, 0.4) is 0 Å². The molecule has 1 unspecified atom stereocenters. The number of carboxylic acids is 1. The second-order valence-corrected chi connectivity index (χ2v) is 6.35. The van der Waals surface area contributed by atoms with Gasteiger partial charge in [-0.3, -0.25) is 0 Å². The Hall–Kier alpha value is -2.07. The minimum Gasteiger partial charge on any atom is -0.478 e. The third-order valence-electron chi connectivity index (χ3n) is 4.77. The van der Waals surface area contributed by atoms with Crippen molar-refractivity contribution < 1.29 is 19.4 Å². The molecule has 0 aliphatic heterocycles. The molecule has 122 valence electrons. The predicted octanol–water partition coefficient (Wildman–Crippen LogP) is 4.57. The SMILES string of the molecule is Cc1oc(-c2cccc(C(=O)O)c2)cc1C(O)C1CCCCC1. The molecule has 1 saturated carbocycles. The molecule has 0 bridgehead atoms. The van der Waals surface area contributed by atoms with Crippen LogP contribution in [-0.2, 0) is 0 Å². The lowest BCUT2D eigenvalue weighted by Crippen LogP contribution is -2.16. The first-order chi connectivity index (χ1) is 11.1. The highest BCUT2D eigenvalue weighted by atomic mass is 16.4. The van der Waals surface area contributed by atoms with Gasteiger partial charge in [-0.05, 0) is 43.9 Å². The van der Waals surface area contributed by atoms with Gasteiger partial charge in [0.25, 0.3) is 0 Å². The second-order valence-electron chi connectivity index (χ2n) is 6.35. The number of carbonyl (C=O) groups is 1. The van der Waals surface area contributed by atoms with Crippen LogP contribution in [0, 0.1) is 12.8 Å². The molecule has 3 rings (SSSR count). The van der Waals surface area contributed by atoms with E-state index in [1.165, 1.54) is 19.3 Å². The van der Waals surface area contributed by atoms with Gasteiger partial charge >= 0.3 is 5.97 Å². The maximum absolute atomic E-state index is 11.1. The summed E-state index contributed by atoms with van der Waals surface area (Å²) in [7, 11) is 0. The number of aryl methyl sites for hydroxylation is 1. The van der Waals surface area contributed by atoms with E-state index in [1.54, 1.807) is 18.2 Å². The molecule has 1 aromatic heterocycles. The molecule has 1 fully saturated rings. The van der Waals surface area contributed by atoms with Gasteiger partial charge in [0.1, 0.15) is 11.5 Å². The lowest BCUT2D eigenvalue weighted by Gasteiger charge is -2.26. The Morgan fingerprint density at radius 2 is 1.96 bits per heavy atom. The fraction of sp³-hybridized carbons (Fsp3) is 0.421. The quantitative estimate of drug-likeness (QED) is 0.867. The highest BCUT2D eigenvalue weighted by Gasteiger charge is 2.26.